The summed E-state index contributed by atoms with van der Waals surface area (Å²) >= 11 is 0. The summed E-state index contributed by atoms with van der Waals surface area (Å²) in [5.74, 6) is 0.469. The zero-order valence-electron chi connectivity index (χ0n) is 11.4. The van der Waals surface area contributed by atoms with E-state index < -0.39 is 6.10 Å². The van der Waals surface area contributed by atoms with Crippen LogP contribution in [-0.2, 0) is 11.3 Å². The number of carbonyl (C=O) groups excluding carboxylic acids is 1. The molecule has 4 heteroatoms. The Labute approximate surface area is 118 Å². The van der Waals surface area contributed by atoms with E-state index in [1.54, 1.807) is 6.92 Å². The van der Waals surface area contributed by atoms with Crippen molar-refractivity contribution in [2.75, 3.05) is 5.32 Å². The fourth-order valence-electron chi connectivity index (χ4n) is 1.81. The molecule has 1 unspecified atom stereocenters. The summed E-state index contributed by atoms with van der Waals surface area (Å²) in [5.41, 5.74) is 7.27. The predicted octanol–water partition coefficient (Wildman–Crippen LogP) is 2.55. The number of hydrogen-bond donors (Lipinski definition) is 2. The molecular formula is C16H18N2O2. The van der Waals surface area contributed by atoms with Crippen LogP contribution >= 0.6 is 0 Å². The third-order valence-electron chi connectivity index (χ3n) is 2.92. The smallest absolute Gasteiger partial charge is 0.265 e. The number of benzene rings is 2. The van der Waals surface area contributed by atoms with Crippen molar-refractivity contribution in [3.05, 3.63) is 60.2 Å². The maximum absolute atomic E-state index is 12.1. The Morgan fingerprint density at radius 2 is 1.80 bits per heavy atom. The van der Waals surface area contributed by atoms with Crippen LogP contribution in [-0.4, -0.2) is 12.0 Å². The lowest BCUT2D eigenvalue weighted by atomic mass is 10.1. The molecule has 0 saturated carbocycles. The van der Waals surface area contributed by atoms with Crippen molar-refractivity contribution >= 4 is 11.6 Å². The van der Waals surface area contributed by atoms with Crippen molar-refractivity contribution in [2.24, 2.45) is 5.73 Å². The molecule has 0 aliphatic heterocycles. The number of carbonyl (C=O) groups is 1. The second kappa shape index (κ2) is 6.73. The van der Waals surface area contributed by atoms with Gasteiger partial charge in [-0.2, -0.15) is 0 Å². The lowest BCUT2D eigenvalue weighted by Gasteiger charge is -2.16. The van der Waals surface area contributed by atoms with Gasteiger partial charge in [0.15, 0.2) is 6.10 Å². The van der Waals surface area contributed by atoms with E-state index in [0.717, 1.165) is 11.3 Å². The van der Waals surface area contributed by atoms with Gasteiger partial charge in [-0.3, -0.25) is 4.79 Å². The lowest BCUT2D eigenvalue weighted by Crippen LogP contribution is -2.30. The van der Waals surface area contributed by atoms with Crippen LogP contribution < -0.4 is 15.8 Å². The van der Waals surface area contributed by atoms with Crippen LogP contribution in [0.15, 0.2) is 54.6 Å². The topological polar surface area (TPSA) is 64.3 Å². The van der Waals surface area contributed by atoms with Gasteiger partial charge in [-0.25, -0.2) is 0 Å². The van der Waals surface area contributed by atoms with Crippen LogP contribution in [0.4, 0.5) is 5.69 Å². The summed E-state index contributed by atoms with van der Waals surface area (Å²) in [6.07, 6.45) is -0.580. The number of ether oxygens (including phenoxy) is 1. The van der Waals surface area contributed by atoms with Crippen LogP contribution in [0, 0.1) is 0 Å². The summed E-state index contributed by atoms with van der Waals surface area (Å²) in [6, 6.07) is 16.7. The summed E-state index contributed by atoms with van der Waals surface area (Å²) in [5, 5.41) is 2.84. The van der Waals surface area contributed by atoms with E-state index >= 15 is 0 Å². The van der Waals surface area contributed by atoms with E-state index in [0.29, 0.717) is 12.3 Å². The molecule has 3 N–H and O–H groups in total. The summed E-state index contributed by atoms with van der Waals surface area (Å²) in [4.78, 5) is 12.1. The molecule has 0 spiro atoms. The minimum absolute atomic E-state index is 0.199. The predicted molar refractivity (Wildman–Crippen MR) is 79.5 cm³/mol. The van der Waals surface area contributed by atoms with Crippen LogP contribution in [0.1, 0.15) is 12.5 Å². The van der Waals surface area contributed by atoms with Crippen molar-refractivity contribution in [3.8, 4) is 5.75 Å². The summed E-state index contributed by atoms with van der Waals surface area (Å²) < 4.78 is 5.58. The number of hydrogen-bond acceptors (Lipinski definition) is 3. The molecule has 0 aliphatic rings. The molecule has 4 nitrogen and oxygen atoms in total. The van der Waals surface area contributed by atoms with Gasteiger partial charge < -0.3 is 15.8 Å². The minimum Gasteiger partial charge on any atom is -0.481 e. The number of rotatable bonds is 5. The molecule has 1 amide bonds. The average molecular weight is 270 g/mol. The van der Waals surface area contributed by atoms with Crippen molar-refractivity contribution < 1.29 is 9.53 Å². The molecule has 0 fully saturated rings. The first-order valence-corrected chi connectivity index (χ1v) is 6.51. The molecule has 20 heavy (non-hydrogen) atoms. The first-order chi connectivity index (χ1) is 9.70. The maximum Gasteiger partial charge on any atom is 0.265 e. The number of nitrogens with one attached hydrogen (secondary N) is 1. The molecule has 0 radical (unpaired) electrons. The standard InChI is InChI=1S/C16H18N2O2/c1-12(20-14-8-3-2-4-9-14)16(19)18-15-10-6-5-7-13(15)11-17/h2-10,12H,11,17H2,1H3,(H,18,19). The van der Waals surface area contributed by atoms with E-state index in [2.05, 4.69) is 5.32 Å². The van der Waals surface area contributed by atoms with Gasteiger partial charge in [0.05, 0.1) is 0 Å². The highest BCUT2D eigenvalue weighted by molar-refractivity contribution is 5.94. The second-order valence-corrected chi connectivity index (χ2v) is 4.42. The number of nitrogens with two attached hydrogens (primary N) is 1. The Kier molecular flexibility index (Phi) is 4.74. The normalized spacial score (nSPS) is 11.7. The van der Waals surface area contributed by atoms with Gasteiger partial charge >= 0.3 is 0 Å². The Bertz CT molecular complexity index is 570. The Morgan fingerprint density at radius 3 is 2.50 bits per heavy atom. The highest BCUT2D eigenvalue weighted by Gasteiger charge is 2.15. The molecule has 1 atom stereocenters. The highest BCUT2D eigenvalue weighted by atomic mass is 16.5. The molecule has 0 bridgehead atoms. The molecule has 0 aromatic heterocycles. The van der Waals surface area contributed by atoms with Gasteiger partial charge in [-0.1, -0.05) is 36.4 Å². The SMILES string of the molecule is CC(Oc1ccccc1)C(=O)Nc1ccccc1CN. The van der Waals surface area contributed by atoms with Gasteiger partial charge in [0.25, 0.3) is 5.91 Å². The third kappa shape index (κ3) is 3.59. The highest BCUT2D eigenvalue weighted by Crippen LogP contribution is 2.16. The molecule has 104 valence electrons. The van der Waals surface area contributed by atoms with Crippen molar-refractivity contribution in [2.45, 2.75) is 19.6 Å². The quantitative estimate of drug-likeness (QED) is 0.877. The fourth-order valence-corrected chi connectivity index (χ4v) is 1.81. The Morgan fingerprint density at radius 1 is 1.15 bits per heavy atom. The monoisotopic (exact) mass is 270 g/mol. The molecule has 2 aromatic rings. The van der Waals surface area contributed by atoms with Crippen molar-refractivity contribution in [1.82, 2.24) is 0 Å². The van der Waals surface area contributed by atoms with Gasteiger partial charge in [0, 0.05) is 12.2 Å². The Hall–Kier alpha value is -2.33. The van der Waals surface area contributed by atoms with E-state index in [9.17, 15) is 4.79 Å². The molecule has 0 aliphatic carbocycles. The first-order valence-electron chi connectivity index (χ1n) is 6.51. The number of anilines is 1. The second-order valence-electron chi connectivity index (χ2n) is 4.42. The largest absolute Gasteiger partial charge is 0.481 e. The van der Waals surface area contributed by atoms with Crippen LogP contribution in [0.2, 0.25) is 0 Å². The molecular weight excluding hydrogens is 252 g/mol. The molecule has 0 heterocycles. The van der Waals surface area contributed by atoms with E-state index in [1.807, 2.05) is 54.6 Å². The Balaban J connectivity index is 2.01. The van der Waals surface area contributed by atoms with E-state index in [1.165, 1.54) is 0 Å². The zero-order chi connectivity index (χ0) is 14.4. The van der Waals surface area contributed by atoms with Crippen molar-refractivity contribution in [1.29, 1.82) is 0 Å². The lowest BCUT2D eigenvalue weighted by molar-refractivity contribution is -0.122. The molecule has 2 rings (SSSR count). The fraction of sp³-hybridized carbons (Fsp3) is 0.188. The molecule has 0 saturated heterocycles. The number of para-hydroxylation sites is 2. The third-order valence-corrected chi connectivity index (χ3v) is 2.92. The average Bonchev–Trinajstić information content (AvgIpc) is 2.48. The van der Waals surface area contributed by atoms with Crippen LogP contribution in [0.5, 0.6) is 5.75 Å². The van der Waals surface area contributed by atoms with E-state index in [4.69, 9.17) is 10.5 Å². The van der Waals surface area contributed by atoms with Gasteiger partial charge in [0.2, 0.25) is 0 Å². The summed E-state index contributed by atoms with van der Waals surface area (Å²) in [6.45, 7) is 2.10. The van der Waals surface area contributed by atoms with Gasteiger partial charge in [-0.15, -0.1) is 0 Å². The zero-order valence-corrected chi connectivity index (χ0v) is 11.4. The first kappa shape index (κ1) is 14.1. The summed E-state index contributed by atoms with van der Waals surface area (Å²) in [7, 11) is 0. The van der Waals surface area contributed by atoms with Crippen LogP contribution in [0.25, 0.3) is 0 Å². The maximum atomic E-state index is 12.1. The van der Waals surface area contributed by atoms with Crippen LogP contribution in [0.3, 0.4) is 0 Å². The number of amides is 1. The van der Waals surface area contributed by atoms with Gasteiger partial charge in [-0.05, 0) is 30.7 Å². The molecule has 2 aromatic carbocycles. The van der Waals surface area contributed by atoms with Crippen molar-refractivity contribution in [3.63, 3.8) is 0 Å². The van der Waals surface area contributed by atoms with E-state index in [-0.39, 0.29) is 5.91 Å². The van der Waals surface area contributed by atoms with Gasteiger partial charge in [0.1, 0.15) is 5.75 Å². The minimum atomic E-state index is -0.580.